The number of aryl methyl sites for hydroxylation is 1. The Morgan fingerprint density at radius 1 is 1.37 bits per heavy atom. The average Bonchev–Trinajstić information content (AvgIpc) is 2.70. The van der Waals surface area contributed by atoms with Crippen LogP contribution >= 0.6 is 0 Å². The van der Waals surface area contributed by atoms with E-state index in [1.165, 1.54) is 12.8 Å². The van der Waals surface area contributed by atoms with Gasteiger partial charge in [0.1, 0.15) is 0 Å². The van der Waals surface area contributed by atoms with E-state index in [1.807, 2.05) is 17.9 Å². The summed E-state index contributed by atoms with van der Waals surface area (Å²) in [5.74, 6) is 1.14. The summed E-state index contributed by atoms with van der Waals surface area (Å²) in [4.78, 5) is 0. The smallest absolute Gasteiger partial charge is 0.0851 e. The topological polar surface area (TPSA) is 38.0 Å². The van der Waals surface area contributed by atoms with Crippen LogP contribution in [0.2, 0.25) is 0 Å². The SMILES string of the molecule is CC1CCCC(C(O)c2cn(C)nc2C(C)(C)C)C1. The lowest BCUT2D eigenvalue weighted by Crippen LogP contribution is -2.23. The molecular weight excluding hydrogens is 236 g/mol. The molecule has 3 atom stereocenters. The zero-order valence-electron chi connectivity index (χ0n) is 13.0. The minimum atomic E-state index is -0.356. The van der Waals surface area contributed by atoms with Crippen LogP contribution in [0.4, 0.5) is 0 Å². The van der Waals surface area contributed by atoms with E-state index in [0.717, 1.165) is 30.0 Å². The van der Waals surface area contributed by atoms with Gasteiger partial charge in [-0.2, -0.15) is 5.10 Å². The van der Waals surface area contributed by atoms with Crippen molar-refractivity contribution in [2.75, 3.05) is 0 Å². The first kappa shape index (κ1) is 14.6. The predicted molar refractivity (Wildman–Crippen MR) is 78.0 cm³/mol. The van der Waals surface area contributed by atoms with Crippen LogP contribution in [0.25, 0.3) is 0 Å². The molecule has 2 rings (SSSR count). The molecule has 1 aromatic rings. The van der Waals surface area contributed by atoms with Crippen molar-refractivity contribution in [3.63, 3.8) is 0 Å². The summed E-state index contributed by atoms with van der Waals surface area (Å²) >= 11 is 0. The lowest BCUT2D eigenvalue weighted by Gasteiger charge is -2.31. The van der Waals surface area contributed by atoms with Crippen molar-refractivity contribution in [3.8, 4) is 0 Å². The lowest BCUT2D eigenvalue weighted by atomic mass is 9.76. The van der Waals surface area contributed by atoms with Gasteiger partial charge >= 0.3 is 0 Å². The van der Waals surface area contributed by atoms with E-state index < -0.39 is 0 Å². The van der Waals surface area contributed by atoms with E-state index >= 15 is 0 Å². The van der Waals surface area contributed by atoms with E-state index in [9.17, 15) is 5.11 Å². The summed E-state index contributed by atoms with van der Waals surface area (Å²) in [5.41, 5.74) is 2.06. The van der Waals surface area contributed by atoms with Gasteiger partial charge in [0.25, 0.3) is 0 Å². The van der Waals surface area contributed by atoms with Gasteiger partial charge in [-0.15, -0.1) is 0 Å². The second kappa shape index (κ2) is 5.28. The fourth-order valence-corrected chi connectivity index (χ4v) is 3.33. The monoisotopic (exact) mass is 264 g/mol. The second-order valence-corrected chi connectivity index (χ2v) is 7.33. The number of aliphatic hydroxyl groups is 1. The van der Waals surface area contributed by atoms with Gasteiger partial charge in [-0.05, 0) is 24.7 Å². The Morgan fingerprint density at radius 3 is 2.63 bits per heavy atom. The molecule has 0 aliphatic heterocycles. The standard InChI is InChI=1S/C16H28N2O/c1-11-7-6-8-12(9-11)14(19)13-10-18(5)17-15(13)16(2,3)4/h10-12,14,19H,6-9H2,1-5H3. The Morgan fingerprint density at radius 2 is 2.05 bits per heavy atom. The number of hydrogen-bond acceptors (Lipinski definition) is 2. The van der Waals surface area contributed by atoms with Crippen LogP contribution in [0.15, 0.2) is 6.20 Å². The quantitative estimate of drug-likeness (QED) is 0.886. The highest BCUT2D eigenvalue weighted by atomic mass is 16.3. The third kappa shape index (κ3) is 3.19. The zero-order chi connectivity index (χ0) is 14.2. The largest absolute Gasteiger partial charge is 0.388 e. The summed E-state index contributed by atoms with van der Waals surface area (Å²) in [7, 11) is 1.94. The molecule has 0 bridgehead atoms. The Hall–Kier alpha value is -0.830. The normalized spacial score (nSPS) is 26.4. The fourth-order valence-electron chi connectivity index (χ4n) is 3.33. The molecule has 0 amide bonds. The van der Waals surface area contributed by atoms with E-state index in [2.05, 4.69) is 32.8 Å². The third-order valence-corrected chi connectivity index (χ3v) is 4.31. The van der Waals surface area contributed by atoms with Gasteiger partial charge in [0, 0.05) is 24.2 Å². The van der Waals surface area contributed by atoms with Crippen LogP contribution < -0.4 is 0 Å². The molecule has 1 N–H and O–H groups in total. The maximum Gasteiger partial charge on any atom is 0.0851 e. The van der Waals surface area contributed by atoms with Crippen LogP contribution in [-0.2, 0) is 12.5 Å². The van der Waals surface area contributed by atoms with E-state index in [4.69, 9.17) is 0 Å². The third-order valence-electron chi connectivity index (χ3n) is 4.31. The fraction of sp³-hybridized carbons (Fsp3) is 0.812. The molecule has 0 saturated heterocycles. The van der Waals surface area contributed by atoms with Crippen molar-refractivity contribution in [2.24, 2.45) is 18.9 Å². The highest BCUT2D eigenvalue weighted by molar-refractivity contribution is 5.26. The second-order valence-electron chi connectivity index (χ2n) is 7.33. The van der Waals surface area contributed by atoms with Crippen molar-refractivity contribution in [1.82, 2.24) is 9.78 Å². The molecule has 1 aromatic heterocycles. The number of nitrogens with zero attached hydrogens (tertiary/aromatic N) is 2. The summed E-state index contributed by atoms with van der Waals surface area (Å²) in [5, 5.41) is 15.3. The van der Waals surface area contributed by atoms with Gasteiger partial charge in [0.15, 0.2) is 0 Å². The summed E-state index contributed by atoms with van der Waals surface area (Å²) < 4.78 is 1.84. The lowest BCUT2D eigenvalue weighted by molar-refractivity contribution is 0.0699. The highest BCUT2D eigenvalue weighted by Gasteiger charge is 2.32. The Kier molecular flexibility index (Phi) is 4.05. The molecule has 3 unspecified atom stereocenters. The molecule has 1 heterocycles. The molecular formula is C16H28N2O. The highest BCUT2D eigenvalue weighted by Crippen LogP contribution is 2.39. The average molecular weight is 264 g/mol. The number of rotatable bonds is 2. The van der Waals surface area contributed by atoms with Crippen molar-refractivity contribution >= 4 is 0 Å². The summed E-state index contributed by atoms with van der Waals surface area (Å²) in [6.07, 6.45) is 6.48. The molecule has 1 fully saturated rings. The molecule has 1 aliphatic carbocycles. The molecule has 19 heavy (non-hydrogen) atoms. The van der Waals surface area contributed by atoms with E-state index in [-0.39, 0.29) is 11.5 Å². The van der Waals surface area contributed by atoms with Gasteiger partial charge in [0.2, 0.25) is 0 Å². The minimum absolute atomic E-state index is 0.0160. The zero-order valence-corrected chi connectivity index (χ0v) is 13.0. The summed E-state index contributed by atoms with van der Waals surface area (Å²) in [6.45, 7) is 8.78. The van der Waals surface area contributed by atoms with E-state index in [1.54, 1.807) is 0 Å². The number of hydrogen-bond donors (Lipinski definition) is 1. The molecule has 3 heteroatoms. The first-order valence-corrected chi connectivity index (χ1v) is 7.51. The van der Waals surface area contributed by atoms with Crippen molar-refractivity contribution < 1.29 is 5.11 Å². The first-order chi connectivity index (χ1) is 8.79. The van der Waals surface area contributed by atoms with Crippen molar-refractivity contribution in [3.05, 3.63) is 17.5 Å². The van der Waals surface area contributed by atoms with Gasteiger partial charge in [-0.25, -0.2) is 0 Å². The van der Waals surface area contributed by atoms with Gasteiger partial charge in [0.05, 0.1) is 11.8 Å². The first-order valence-electron chi connectivity index (χ1n) is 7.51. The molecule has 108 valence electrons. The Bertz CT molecular complexity index is 430. The van der Waals surface area contributed by atoms with E-state index in [0.29, 0.717) is 5.92 Å². The van der Waals surface area contributed by atoms with Crippen LogP contribution in [0.3, 0.4) is 0 Å². The molecule has 0 radical (unpaired) electrons. The maximum atomic E-state index is 10.8. The molecule has 1 aliphatic rings. The van der Waals surface area contributed by atoms with Gasteiger partial charge in [-0.1, -0.05) is 40.5 Å². The van der Waals surface area contributed by atoms with Crippen molar-refractivity contribution in [1.29, 1.82) is 0 Å². The number of aromatic nitrogens is 2. The Balaban J connectivity index is 2.25. The van der Waals surface area contributed by atoms with Gasteiger partial charge < -0.3 is 5.11 Å². The van der Waals surface area contributed by atoms with Crippen LogP contribution in [0.5, 0.6) is 0 Å². The molecule has 3 nitrogen and oxygen atoms in total. The van der Waals surface area contributed by atoms with Crippen LogP contribution in [-0.4, -0.2) is 14.9 Å². The molecule has 0 aromatic carbocycles. The minimum Gasteiger partial charge on any atom is -0.388 e. The number of aliphatic hydroxyl groups excluding tert-OH is 1. The maximum absolute atomic E-state index is 10.8. The molecule has 0 spiro atoms. The van der Waals surface area contributed by atoms with Gasteiger partial charge in [-0.3, -0.25) is 4.68 Å². The molecule has 1 saturated carbocycles. The van der Waals surface area contributed by atoms with Crippen LogP contribution in [0, 0.1) is 11.8 Å². The van der Waals surface area contributed by atoms with Crippen LogP contribution in [0.1, 0.15) is 70.7 Å². The predicted octanol–water partition coefficient (Wildman–Crippen LogP) is 3.58. The van der Waals surface area contributed by atoms with Crippen molar-refractivity contribution in [2.45, 2.75) is 64.9 Å². The Labute approximate surface area is 117 Å². The summed E-state index contributed by atoms with van der Waals surface area (Å²) in [6, 6.07) is 0.